The Hall–Kier alpha value is -1.92. The summed E-state index contributed by atoms with van der Waals surface area (Å²) in [6.07, 6.45) is 5.57. The number of carbonyl (C=O) groups is 2. The number of allylic oxidation sites excluding steroid dienone is 1. The molecule has 2 unspecified atom stereocenters. The highest BCUT2D eigenvalue weighted by Gasteiger charge is 2.41. The van der Waals surface area contributed by atoms with Crippen LogP contribution in [0, 0.1) is 0 Å². The van der Waals surface area contributed by atoms with Crippen molar-refractivity contribution in [1.82, 2.24) is 4.90 Å². The van der Waals surface area contributed by atoms with Crippen LogP contribution < -0.4 is 0 Å². The van der Waals surface area contributed by atoms with Gasteiger partial charge in [0.2, 0.25) is 0 Å². The number of ether oxygens (including phenoxy) is 2. The van der Waals surface area contributed by atoms with E-state index >= 15 is 0 Å². The summed E-state index contributed by atoms with van der Waals surface area (Å²) in [5.41, 5.74) is 2.11. The number of esters is 2. The van der Waals surface area contributed by atoms with Gasteiger partial charge in [-0.15, -0.1) is 0 Å². The molecule has 0 radical (unpaired) electrons. The summed E-state index contributed by atoms with van der Waals surface area (Å²) in [5.74, 6) is -0.772. The van der Waals surface area contributed by atoms with E-state index in [9.17, 15) is 9.59 Å². The first-order valence-electron chi connectivity index (χ1n) is 8.18. The minimum Gasteiger partial charge on any atom is -0.458 e. The molecule has 2 aliphatic rings. The predicted octanol–water partition coefficient (Wildman–Crippen LogP) is 1.36. The molecule has 2 rings (SSSR count). The highest BCUT2D eigenvalue weighted by Crippen LogP contribution is 2.31. The van der Waals surface area contributed by atoms with E-state index in [1.807, 2.05) is 6.08 Å². The van der Waals surface area contributed by atoms with Crippen molar-refractivity contribution in [3.8, 4) is 0 Å². The lowest BCUT2D eigenvalue weighted by Gasteiger charge is -2.23. The Labute approximate surface area is 142 Å². The van der Waals surface area contributed by atoms with E-state index in [2.05, 4.69) is 4.90 Å². The van der Waals surface area contributed by atoms with Gasteiger partial charge in [-0.2, -0.15) is 0 Å². The van der Waals surface area contributed by atoms with E-state index in [0.29, 0.717) is 11.1 Å². The molecule has 0 spiro atoms. The first-order valence-corrected chi connectivity index (χ1v) is 8.18. The average Bonchev–Trinajstić information content (AvgIpc) is 3.14. The van der Waals surface area contributed by atoms with Crippen LogP contribution in [0.2, 0.25) is 0 Å². The standard InChI is InChI=1S/C18H25NO5/c1-4-13(3)18(22)23-11-14-5-7-19-8-6-15(17(14)19)24-16(21)9-12(2)10-20/h4-5,9,15,17,20H,6-8,10-11H2,1-3H3. The molecule has 2 aliphatic heterocycles. The first-order chi connectivity index (χ1) is 11.5. The van der Waals surface area contributed by atoms with Crippen LogP contribution in [0.4, 0.5) is 0 Å². The molecule has 1 fully saturated rings. The van der Waals surface area contributed by atoms with Crippen LogP contribution >= 0.6 is 0 Å². The molecule has 24 heavy (non-hydrogen) atoms. The molecule has 0 saturated carbocycles. The fourth-order valence-electron chi connectivity index (χ4n) is 2.94. The predicted molar refractivity (Wildman–Crippen MR) is 89.2 cm³/mol. The Bertz CT molecular complexity index is 590. The highest BCUT2D eigenvalue weighted by molar-refractivity contribution is 5.87. The second-order valence-corrected chi connectivity index (χ2v) is 6.18. The summed E-state index contributed by atoms with van der Waals surface area (Å²) in [5, 5.41) is 8.98. The van der Waals surface area contributed by atoms with Crippen LogP contribution in [0.25, 0.3) is 0 Å². The zero-order valence-corrected chi connectivity index (χ0v) is 14.4. The first kappa shape index (κ1) is 18.4. The third kappa shape index (κ3) is 4.33. The summed E-state index contributed by atoms with van der Waals surface area (Å²) in [7, 11) is 0. The van der Waals surface area contributed by atoms with Crippen molar-refractivity contribution in [3.05, 3.63) is 34.9 Å². The summed E-state index contributed by atoms with van der Waals surface area (Å²) in [6.45, 7) is 6.85. The molecule has 0 aromatic heterocycles. The van der Waals surface area contributed by atoms with Gasteiger partial charge in [0.25, 0.3) is 0 Å². The quantitative estimate of drug-likeness (QED) is 0.449. The van der Waals surface area contributed by atoms with E-state index < -0.39 is 5.97 Å². The largest absolute Gasteiger partial charge is 0.458 e. The number of rotatable bonds is 6. The van der Waals surface area contributed by atoms with Gasteiger partial charge in [-0.3, -0.25) is 4.90 Å². The molecule has 2 heterocycles. The van der Waals surface area contributed by atoms with E-state index in [1.54, 1.807) is 26.8 Å². The molecule has 6 nitrogen and oxygen atoms in total. The molecule has 1 saturated heterocycles. The Balaban J connectivity index is 1.96. The van der Waals surface area contributed by atoms with Crippen LogP contribution in [-0.4, -0.2) is 60.4 Å². The van der Waals surface area contributed by atoms with E-state index in [-0.39, 0.29) is 31.3 Å². The van der Waals surface area contributed by atoms with E-state index in [0.717, 1.165) is 25.1 Å². The smallest absolute Gasteiger partial charge is 0.333 e. The van der Waals surface area contributed by atoms with Crippen molar-refractivity contribution in [2.24, 2.45) is 0 Å². The third-order valence-electron chi connectivity index (χ3n) is 4.42. The van der Waals surface area contributed by atoms with E-state index in [1.165, 1.54) is 6.08 Å². The van der Waals surface area contributed by atoms with Crippen molar-refractivity contribution in [1.29, 1.82) is 0 Å². The summed E-state index contributed by atoms with van der Waals surface area (Å²) >= 11 is 0. The molecule has 1 N–H and O–H groups in total. The fraction of sp³-hybridized carbons (Fsp3) is 0.556. The minimum absolute atomic E-state index is 0.0319. The topological polar surface area (TPSA) is 76.1 Å². The number of hydrogen-bond acceptors (Lipinski definition) is 6. The molecular formula is C18H25NO5. The van der Waals surface area contributed by atoms with Gasteiger partial charge in [-0.05, 0) is 38.3 Å². The Morgan fingerprint density at radius 2 is 2.17 bits per heavy atom. The maximum atomic E-state index is 11.9. The van der Waals surface area contributed by atoms with Crippen molar-refractivity contribution in [2.45, 2.75) is 39.3 Å². The number of aliphatic hydroxyl groups is 1. The van der Waals surface area contributed by atoms with Crippen LogP contribution in [-0.2, 0) is 19.1 Å². The second kappa shape index (κ2) is 8.26. The van der Waals surface area contributed by atoms with Gasteiger partial charge in [-0.1, -0.05) is 12.2 Å². The highest BCUT2D eigenvalue weighted by atomic mass is 16.5. The lowest BCUT2D eigenvalue weighted by molar-refractivity contribution is -0.144. The Morgan fingerprint density at radius 3 is 2.83 bits per heavy atom. The Morgan fingerprint density at radius 1 is 1.42 bits per heavy atom. The van der Waals surface area contributed by atoms with Crippen LogP contribution in [0.5, 0.6) is 0 Å². The van der Waals surface area contributed by atoms with Gasteiger partial charge in [0.1, 0.15) is 12.7 Å². The van der Waals surface area contributed by atoms with Crippen molar-refractivity contribution >= 4 is 11.9 Å². The molecule has 2 atom stereocenters. The number of aliphatic hydroxyl groups excluding tert-OH is 1. The van der Waals surface area contributed by atoms with Crippen molar-refractivity contribution < 1.29 is 24.2 Å². The monoisotopic (exact) mass is 335 g/mol. The van der Waals surface area contributed by atoms with Gasteiger partial charge < -0.3 is 14.6 Å². The third-order valence-corrected chi connectivity index (χ3v) is 4.42. The molecule has 0 aromatic carbocycles. The van der Waals surface area contributed by atoms with Crippen molar-refractivity contribution in [2.75, 3.05) is 26.3 Å². The molecular weight excluding hydrogens is 310 g/mol. The zero-order valence-electron chi connectivity index (χ0n) is 14.4. The number of hydrogen-bond donors (Lipinski definition) is 1. The van der Waals surface area contributed by atoms with Crippen LogP contribution in [0.3, 0.4) is 0 Å². The zero-order chi connectivity index (χ0) is 17.7. The van der Waals surface area contributed by atoms with Crippen LogP contribution in [0.1, 0.15) is 27.2 Å². The molecule has 0 aliphatic carbocycles. The van der Waals surface area contributed by atoms with Gasteiger partial charge in [0, 0.05) is 24.7 Å². The average molecular weight is 335 g/mol. The summed E-state index contributed by atoms with van der Waals surface area (Å²) in [4.78, 5) is 25.9. The lowest BCUT2D eigenvalue weighted by atomic mass is 10.1. The number of fused-ring (bicyclic) bond motifs is 1. The van der Waals surface area contributed by atoms with Gasteiger partial charge >= 0.3 is 11.9 Å². The van der Waals surface area contributed by atoms with Gasteiger partial charge in [0.15, 0.2) is 0 Å². The SMILES string of the molecule is CC=C(C)C(=O)OCC1=CCN2CCC(OC(=O)C=C(C)CO)C12. The van der Waals surface area contributed by atoms with E-state index in [4.69, 9.17) is 14.6 Å². The maximum absolute atomic E-state index is 11.9. The summed E-state index contributed by atoms with van der Waals surface area (Å²) in [6, 6.07) is -0.0319. The second-order valence-electron chi connectivity index (χ2n) is 6.18. The Kier molecular flexibility index (Phi) is 6.34. The van der Waals surface area contributed by atoms with Gasteiger partial charge in [-0.25, -0.2) is 9.59 Å². The molecule has 6 heteroatoms. The molecule has 0 aromatic rings. The lowest BCUT2D eigenvalue weighted by Crippen LogP contribution is -2.36. The molecule has 0 bridgehead atoms. The fourth-order valence-corrected chi connectivity index (χ4v) is 2.94. The number of carbonyl (C=O) groups excluding carboxylic acids is 2. The normalized spacial score (nSPS) is 24.6. The minimum atomic E-state index is -0.443. The molecule has 0 amide bonds. The van der Waals surface area contributed by atoms with Gasteiger partial charge in [0.05, 0.1) is 12.6 Å². The van der Waals surface area contributed by atoms with Crippen LogP contribution in [0.15, 0.2) is 34.9 Å². The molecule has 132 valence electrons. The maximum Gasteiger partial charge on any atom is 0.333 e. The van der Waals surface area contributed by atoms with Crippen molar-refractivity contribution in [3.63, 3.8) is 0 Å². The number of nitrogens with zero attached hydrogens (tertiary/aromatic N) is 1. The summed E-state index contributed by atoms with van der Waals surface area (Å²) < 4.78 is 10.9.